The van der Waals surface area contributed by atoms with Crippen molar-refractivity contribution in [2.75, 3.05) is 5.73 Å². The summed E-state index contributed by atoms with van der Waals surface area (Å²) in [6, 6.07) is 4.38. The fourth-order valence-corrected chi connectivity index (χ4v) is 1.31. The summed E-state index contributed by atoms with van der Waals surface area (Å²) in [5, 5.41) is 19.0. The van der Waals surface area contributed by atoms with Crippen LogP contribution in [-0.2, 0) is 0 Å². The third-order valence-corrected chi connectivity index (χ3v) is 2.31. The van der Waals surface area contributed by atoms with Gasteiger partial charge in [0.1, 0.15) is 10.5 Å². The average Bonchev–Trinajstić information content (AvgIpc) is 2.09. The Morgan fingerprint density at radius 1 is 1.62 bits per heavy atom. The van der Waals surface area contributed by atoms with Gasteiger partial charge < -0.3 is 5.73 Å². The van der Waals surface area contributed by atoms with Crippen molar-refractivity contribution >= 4 is 27.3 Å². The summed E-state index contributed by atoms with van der Waals surface area (Å²) >= 11 is 2.95. The Morgan fingerprint density at radius 2 is 2.23 bits per heavy atom. The molecule has 0 aliphatic heterocycles. The molecule has 1 rings (SSSR count). The molecule has 0 saturated carbocycles. The van der Waals surface area contributed by atoms with Gasteiger partial charge in [-0.05, 0) is 22.0 Å². The number of nitrogen functional groups attached to an aromatic ring is 1. The van der Waals surface area contributed by atoms with Gasteiger partial charge >= 0.3 is 0 Å². The fraction of sp³-hybridized carbons (Fsp3) is 0. The molecule has 0 atom stereocenters. The maximum absolute atomic E-state index is 10.4. The molecule has 0 unspecified atom stereocenters. The number of anilines is 1. The number of halogens is 1. The molecule has 0 bridgehead atoms. The van der Waals surface area contributed by atoms with Gasteiger partial charge in [-0.3, -0.25) is 10.1 Å². The van der Waals surface area contributed by atoms with Crippen LogP contribution in [0.5, 0.6) is 0 Å². The summed E-state index contributed by atoms with van der Waals surface area (Å²) in [6.07, 6.45) is 0. The lowest BCUT2D eigenvalue weighted by Crippen LogP contribution is -1.96. The zero-order valence-corrected chi connectivity index (χ0v) is 7.91. The molecule has 2 N–H and O–H groups in total. The minimum Gasteiger partial charge on any atom is -0.397 e. The van der Waals surface area contributed by atoms with E-state index in [1.54, 1.807) is 0 Å². The van der Waals surface area contributed by atoms with E-state index in [2.05, 4.69) is 15.9 Å². The summed E-state index contributed by atoms with van der Waals surface area (Å²) in [6.45, 7) is 0. The van der Waals surface area contributed by atoms with Gasteiger partial charge in [0.25, 0.3) is 5.69 Å². The zero-order chi connectivity index (χ0) is 10.0. The van der Waals surface area contributed by atoms with Crippen molar-refractivity contribution in [1.82, 2.24) is 0 Å². The zero-order valence-electron chi connectivity index (χ0n) is 6.32. The van der Waals surface area contributed by atoms with Gasteiger partial charge in [0.05, 0.1) is 16.2 Å². The number of hydrogen-bond acceptors (Lipinski definition) is 4. The average molecular weight is 242 g/mol. The number of benzene rings is 1. The molecule has 1 aromatic rings. The lowest BCUT2D eigenvalue weighted by Gasteiger charge is -2.00. The van der Waals surface area contributed by atoms with Crippen LogP contribution in [0.25, 0.3) is 0 Å². The highest BCUT2D eigenvalue weighted by atomic mass is 79.9. The molecular weight excluding hydrogens is 238 g/mol. The van der Waals surface area contributed by atoms with Crippen molar-refractivity contribution in [3.8, 4) is 6.07 Å². The highest BCUT2D eigenvalue weighted by Crippen LogP contribution is 2.32. The quantitative estimate of drug-likeness (QED) is 0.461. The third kappa shape index (κ3) is 1.60. The molecule has 0 amide bonds. The molecule has 1 aromatic carbocycles. The summed E-state index contributed by atoms with van der Waals surface area (Å²) in [5.41, 5.74) is 5.63. The molecule has 6 heteroatoms. The van der Waals surface area contributed by atoms with Crippen LogP contribution in [0.4, 0.5) is 11.4 Å². The van der Waals surface area contributed by atoms with Gasteiger partial charge in [-0.15, -0.1) is 0 Å². The van der Waals surface area contributed by atoms with E-state index in [9.17, 15) is 10.1 Å². The van der Waals surface area contributed by atoms with Crippen LogP contribution in [0.1, 0.15) is 5.56 Å². The SMILES string of the molecule is N#Cc1ccc([N+](=O)[O-])c(Br)c1N. The molecule has 0 aliphatic rings. The molecule has 0 aromatic heterocycles. The number of nitriles is 1. The van der Waals surface area contributed by atoms with Crippen LogP contribution >= 0.6 is 15.9 Å². The Kier molecular flexibility index (Phi) is 2.49. The van der Waals surface area contributed by atoms with E-state index < -0.39 is 4.92 Å². The molecular formula is C7H4BrN3O2. The van der Waals surface area contributed by atoms with Crippen molar-refractivity contribution in [2.45, 2.75) is 0 Å². The first kappa shape index (κ1) is 9.48. The Balaban J connectivity index is 3.42. The Labute approximate surface area is 82.0 Å². The lowest BCUT2D eigenvalue weighted by molar-refractivity contribution is -0.385. The van der Waals surface area contributed by atoms with E-state index in [0.29, 0.717) is 0 Å². The van der Waals surface area contributed by atoms with Crippen molar-refractivity contribution < 1.29 is 4.92 Å². The highest BCUT2D eigenvalue weighted by molar-refractivity contribution is 9.10. The van der Waals surface area contributed by atoms with Crippen LogP contribution in [0.2, 0.25) is 0 Å². The number of nitro benzene ring substituents is 1. The number of nitrogens with two attached hydrogens (primary N) is 1. The first-order chi connectivity index (χ1) is 6.07. The predicted molar refractivity (Wildman–Crippen MR) is 49.9 cm³/mol. The van der Waals surface area contributed by atoms with E-state index in [1.165, 1.54) is 12.1 Å². The van der Waals surface area contributed by atoms with Gasteiger partial charge in [0.15, 0.2) is 0 Å². The number of rotatable bonds is 1. The molecule has 13 heavy (non-hydrogen) atoms. The first-order valence-electron chi connectivity index (χ1n) is 3.20. The minimum atomic E-state index is -0.568. The fourth-order valence-electron chi connectivity index (χ4n) is 0.820. The molecule has 0 saturated heterocycles. The Bertz CT molecular complexity index is 411. The molecule has 0 fully saturated rings. The van der Waals surface area contributed by atoms with E-state index in [-0.39, 0.29) is 21.4 Å². The van der Waals surface area contributed by atoms with Crippen molar-refractivity contribution in [1.29, 1.82) is 5.26 Å². The van der Waals surface area contributed by atoms with Gasteiger partial charge in [-0.1, -0.05) is 0 Å². The summed E-state index contributed by atoms with van der Waals surface area (Å²) in [5.74, 6) is 0. The lowest BCUT2D eigenvalue weighted by atomic mass is 10.2. The second-order valence-electron chi connectivity index (χ2n) is 2.23. The normalized spacial score (nSPS) is 9.23. The number of nitro groups is 1. The summed E-state index contributed by atoms with van der Waals surface area (Å²) in [4.78, 5) is 9.84. The summed E-state index contributed by atoms with van der Waals surface area (Å²) in [7, 11) is 0. The van der Waals surface area contributed by atoms with E-state index in [1.807, 2.05) is 6.07 Å². The summed E-state index contributed by atoms with van der Waals surface area (Å²) < 4.78 is 0.150. The van der Waals surface area contributed by atoms with Crippen LogP contribution in [0.15, 0.2) is 16.6 Å². The second-order valence-corrected chi connectivity index (χ2v) is 3.02. The van der Waals surface area contributed by atoms with E-state index in [0.717, 1.165) is 0 Å². The standard InChI is InChI=1S/C7H4BrN3O2/c8-6-5(11(12)13)2-1-4(3-9)7(6)10/h1-2H,10H2. The van der Waals surface area contributed by atoms with Crippen molar-refractivity contribution in [3.05, 3.63) is 32.3 Å². The maximum Gasteiger partial charge on any atom is 0.285 e. The first-order valence-corrected chi connectivity index (χ1v) is 3.99. The number of nitrogens with zero attached hydrogens (tertiary/aromatic N) is 2. The van der Waals surface area contributed by atoms with Crippen molar-refractivity contribution in [2.24, 2.45) is 0 Å². The van der Waals surface area contributed by atoms with Gasteiger partial charge in [0, 0.05) is 6.07 Å². The van der Waals surface area contributed by atoms with Crippen molar-refractivity contribution in [3.63, 3.8) is 0 Å². The largest absolute Gasteiger partial charge is 0.397 e. The van der Waals surface area contributed by atoms with Gasteiger partial charge in [0.2, 0.25) is 0 Å². The monoisotopic (exact) mass is 241 g/mol. The highest BCUT2D eigenvalue weighted by Gasteiger charge is 2.16. The van der Waals surface area contributed by atoms with E-state index in [4.69, 9.17) is 11.0 Å². The molecule has 0 radical (unpaired) electrons. The van der Waals surface area contributed by atoms with Gasteiger partial charge in [-0.2, -0.15) is 5.26 Å². The van der Waals surface area contributed by atoms with E-state index >= 15 is 0 Å². The molecule has 0 heterocycles. The second kappa shape index (κ2) is 3.41. The Morgan fingerprint density at radius 3 is 2.69 bits per heavy atom. The van der Waals surface area contributed by atoms with Crippen LogP contribution < -0.4 is 5.73 Å². The molecule has 0 aliphatic carbocycles. The number of hydrogen-bond donors (Lipinski definition) is 1. The van der Waals surface area contributed by atoms with Crippen LogP contribution in [0.3, 0.4) is 0 Å². The molecule has 66 valence electrons. The molecule has 5 nitrogen and oxygen atoms in total. The van der Waals surface area contributed by atoms with Crippen LogP contribution in [0, 0.1) is 21.4 Å². The third-order valence-electron chi connectivity index (χ3n) is 1.48. The maximum atomic E-state index is 10.4. The molecule has 0 spiro atoms. The smallest absolute Gasteiger partial charge is 0.285 e. The topological polar surface area (TPSA) is 92.9 Å². The predicted octanol–water partition coefficient (Wildman–Crippen LogP) is 1.81. The van der Waals surface area contributed by atoms with Gasteiger partial charge in [-0.25, -0.2) is 0 Å². The minimum absolute atomic E-state index is 0.0942. The Hall–Kier alpha value is -1.61. The van der Waals surface area contributed by atoms with Crippen LogP contribution in [-0.4, -0.2) is 4.92 Å².